The summed E-state index contributed by atoms with van der Waals surface area (Å²) in [5, 5.41) is 2.91. The molecular weight excluding hydrogens is 574 g/mol. The van der Waals surface area contributed by atoms with Gasteiger partial charge in [-0.1, -0.05) is 74.5 Å². The van der Waals surface area contributed by atoms with E-state index in [1.165, 1.54) is 17.0 Å². The molecule has 230 valence electrons. The summed E-state index contributed by atoms with van der Waals surface area (Å²) in [4.78, 5) is 28.8. The average molecular weight is 614 g/mol. The molecule has 0 heterocycles. The van der Waals surface area contributed by atoms with Crippen molar-refractivity contribution in [3.8, 4) is 11.5 Å². The Morgan fingerprint density at radius 2 is 1.34 bits per heavy atom. The topological polar surface area (TPSA) is 96.0 Å². The number of nitrogens with one attached hydrogen (secondary N) is 1. The van der Waals surface area contributed by atoms with E-state index in [9.17, 15) is 18.0 Å². The predicted molar refractivity (Wildman–Crippen MR) is 173 cm³/mol. The van der Waals surface area contributed by atoms with E-state index in [-0.39, 0.29) is 29.0 Å². The molecular formula is C35H39N3O5S. The van der Waals surface area contributed by atoms with Crippen molar-refractivity contribution in [2.24, 2.45) is 5.92 Å². The van der Waals surface area contributed by atoms with E-state index in [2.05, 4.69) is 5.32 Å². The monoisotopic (exact) mass is 613 g/mol. The van der Waals surface area contributed by atoms with E-state index >= 15 is 0 Å². The lowest BCUT2D eigenvalue weighted by Gasteiger charge is -2.32. The molecule has 0 aliphatic rings. The minimum atomic E-state index is -4.16. The zero-order valence-electron chi connectivity index (χ0n) is 25.5. The summed E-state index contributed by atoms with van der Waals surface area (Å²) >= 11 is 0. The summed E-state index contributed by atoms with van der Waals surface area (Å²) in [5.41, 5.74) is 2.11. The van der Waals surface area contributed by atoms with E-state index in [4.69, 9.17) is 4.74 Å². The number of anilines is 1. The van der Waals surface area contributed by atoms with Crippen molar-refractivity contribution in [1.82, 2.24) is 10.2 Å². The second kappa shape index (κ2) is 14.7. The Morgan fingerprint density at radius 1 is 0.773 bits per heavy atom. The third-order valence-electron chi connectivity index (χ3n) is 7.17. The van der Waals surface area contributed by atoms with Gasteiger partial charge in [0.25, 0.3) is 10.0 Å². The van der Waals surface area contributed by atoms with E-state index in [0.717, 1.165) is 15.4 Å². The van der Waals surface area contributed by atoms with Crippen LogP contribution in [0.3, 0.4) is 0 Å². The highest BCUT2D eigenvalue weighted by molar-refractivity contribution is 7.92. The highest BCUT2D eigenvalue weighted by Gasteiger charge is 2.32. The molecule has 8 nitrogen and oxygen atoms in total. The van der Waals surface area contributed by atoms with Crippen LogP contribution in [-0.2, 0) is 26.2 Å². The Labute approximate surface area is 260 Å². The van der Waals surface area contributed by atoms with Gasteiger partial charge in [-0.2, -0.15) is 0 Å². The molecule has 2 amide bonds. The maximum absolute atomic E-state index is 14.1. The third kappa shape index (κ3) is 8.26. The Bertz CT molecular complexity index is 1640. The van der Waals surface area contributed by atoms with E-state index in [1.54, 1.807) is 49.4 Å². The molecule has 0 unspecified atom stereocenters. The first-order chi connectivity index (χ1) is 21.1. The number of carbonyl (C=O) groups is 2. The smallest absolute Gasteiger partial charge is 0.264 e. The van der Waals surface area contributed by atoms with Gasteiger partial charge in [-0.25, -0.2) is 8.42 Å². The summed E-state index contributed by atoms with van der Waals surface area (Å²) in [5.74, 6) is 0.567. The lowest BCUT2D eigenvalue weighted by atomic mass is 10.1. The van der Waals surface area contributed by atoms with E-state index < -0.39 is 28.5 Å². The van der Waals surface area contributed by atoms with E-state index in [0.29, 0.717) is 18.0 Å². The number of amides is 2. The molecule has 0 radical (unpaired) electrons. The highest BCUT2D eigenvalue weighted by atomic mass is 32.2. The molecule has 4 aromatic carbocycles. The van der Waals surface area contributed by atoms with Gasteiger partial charge in [-0.15, -0.1) is 0 Å². The quantitative estimate of drug-likeness (QED) is 0.195. The van der Waals surface area contributed by atoms with Crippen LogP contribution in [0.4, 0.5) is 5.69 Å². The van der Waals surface area contributed by atoms with Crippen LogP contribution in [0.5, 0.6) is 11.5 Å². The van der Waals surface area contributed by atoms with Gasteiger partial charge in [0, 0.05) is 13.1 Å². The molecule has 0 spiro atoms. The number of hydrogen-bond acceptors (Lipinski definition) is 5. The fraction of sp³-hybridized carbons (Fsp3) is 0.257. The molecule has 1 N–H and O–H groups in total. The summed E-state index contributed by atoms with van der Waals surface area (Å²) in [7, 11) is -4.16. The molecule has 0 fully saturated rings. The summed E-state index contributed by atoms with van der Waals surface area (Å²) < 4.78 is 35.0. The normalized spacial score (nSPS) is 11.9. The number of nitrogens with zero attached hydrogens (tertiary/aromatic N) is 2. The SMILES string of the molecule is Cc1ccccc1CN(C(=O)CN(c1ccc(Oc2ccccc2)cc1)S(=O)(=O)c1ccccc1)[C@H](C)C(=O)NCC(C)C. The van der Waals surface area contributed by atoms with Crippen LogP contribution < -0.4 is 14.4 Å². The number of hydrogen-bond donors (Lipinski definition) is 1. The number of para-hydroxylation sites is 1. The van der Waals surface area contributed by atoms with Gasteiger partial charge in [-0.05, 0) is 79.4 Å². The molecule has 9 heteroatoms. The lowest BCUT2D eigenvalue weighted by Crippen LogP contribution is -2.51. The van der Waals surface area contributed by atoms with E-state index in [1.807, 2.05) is 75.4 Å². The summed E-state index contributed by atoms with van der Waals surface area (Å²) in [6, 6.07) is 30.5. The highest BCUT2D eigenvalue weighted by Crippen LogP contribution is 2.28. The van der Waals surface area contributed by atoms with Crippen LogP contribution >= 0.6 is 0 Å². The third-order valence-corrected chi connectivity index (χ3v) is 8.96. The molecule has 0 saturated carbocycles. The average Bonchev–Trinajstić information content (AvgIpc) is 3.03. The van der Waals surface area contributed by atoms with Gasteiger partial charge in [0.05, 0.1) is 10.6 Å². The van der Waals surface area contributed by atoms with Gasteiger partial charge >= 0.3 is 0 Å². The zero-order valence-corrected chi connectivity index (χ0v) is 26.3. The van der Waals surface area contributed by atoms with Crippen molar-refractivity contribution in [3.63, 3.8) is 0 Å². The number of carbonyl (C=O) groups excluding carboxylic acids is 2. The first-order valence-corrected chi connectivity index (χ1v) is 16.0. The standard InChI is InChI=1S/C35H39N3O5S/c1-26(2)23-36-35(40)28(4)37(24-29-14-12-11-13-27(29)3)34(39)25-38(44(41,42)33-17-9-6-10-18-33)30-19-21-32(22-20-30)43-31-15-7-5-8-16-31/h5-22,26,28H,23-25H2,1-4H3,(H,36,40)/t28-/m1/s1. The predicted octanol–water partition coefficient (Wildman–Crippen LogP) is 6.17. The molecule has 0 bridgehead atoms. The number of ether oxygens (including phenoxy) is 1. The number of sulfonamides is 1. The Kier molecular flexibility index (Phi) is 10.8. The first kappa shape index (κ1) is 32.3. The van der Waals surface area contributed by atoms with Crippen molar-refractivity contribution in [2.75, 3.05) is 17.4 Å². The van der Waals surface area contributed by atoms with Crippen LogP contribution in [0.2, 0.25) is 0 Å². The van der Waals surface area contributed by atoms with Crippen LogP contribution in [0, 0.1) is 12.8 Å². The van der Waals surface area contributed by atoms with Gasteiger partial charge in [0.1, 0.15) is 24.1 Å². The number of aryl methyl sites for hydroxylation is 1. The molecule has 44 heavy (non-hydrogen) atoms. The minimum Gasteiger partial charge on any atom is -0.457 e. The fourth-order valence-corrected chi connectivity index (χ4v) is 5.99. The Balaban J connectivity index is 1.69. The molecule has 0 aromatic heterocycles. The number of rotatable bonds is 13. The van der Waals surface area contributed by atoms with Crippen molar-refractivity contribution in [3.05, 3.63) is 120 Å². The van der Waals surface area contributed by atoms with Gasteiger partial charge in [0.15, 0.2) is 0 Å². The largest absolute Gasteiger partial charge is 0.457 e. The Hall–Kier alpha value is -4.63. The second-order valence-electron chi connectivity index (χ2n) is 11.0. The van der Waals surface area contributed by atoms with Crippen LogP contribution in [-0.4, -0.2) is 44.3 Å². The summed E-state index contributed by atoms with van der Waals surface area (Å²) in [6.07, 6.45) is 0. The molecule has 4 aromatic rings. The molecule has 1 atom stereocenters. The van der Waals surface area contributed by atoms with Crippen LogP contribution in [0.1, 0.15) is 31.9 Å². The molecule has 4 rings (SSSR count). The fourth-order valence-electron chi connectivity index (χ4n) is 4.56. The van der Waals surface area contributed by atoms with Crippen molar-refractivity contribution in [2.45, 2.75) is 45.2 Å². The van der Waals surface area contributed by atoms with Gasteiger partial charge in [0.2, 0.25) is 11.8 Å². The molecule has 0 saturated heterocycles. The summed E-state index contributed by atoms with van der Waals surface area (Å²) in [6.45, 7) is 7.67. The van der Waals surface area contributed by atoms with Gasteiger partial charge < -0.3 is 15.0 Å². The lowest BCUT2D eigenvalue weighted by molar-refractivity contribution is -0.139. The second-order valence-corrected chi connectivity index (χ2v) is 12.9. The molecule has 0 aliphatic heterocycles. The minimum absolute atomic E-state index is 0.0468. The van der Waals surface area contributed by atoms with Crippen LogP contribution in [0.25, 0.3) is 0 Å². The maximum atomic E-state index is 14.1. The van der Waals surface area contributed by atoms with Crippen LogP contribution in [0.15, 0.2) is 114 Å². The van der Waals surface area contributed by atoms with Gasteiger partial charge in [-0.3, -0.25) is 13.9 Å². The molecule has 0 aliphatic carbocycles. The van der Waals surface area contributed by atoms with Crippen molar-refractivity contribution < 1.29 is 22.7 Å². The number of benzene rings is 4. The zero-order chi connectivity index (χ0) is 31.7. The van der Waals surface area contributed by atoms with Crippen molar-refractivity contribution in [1.29, 1.82) is 0 Å². The Morgan fingerprint density at radius 3 is 1.95 bits per heavy atom. The first-order valence-electron chi connectivity index (χ1n) is 14.6. The van der Waals surface area contributed by atoms with Crippen molar-refractivity contribution >= 4 is 27.5 Å². The maximum Gasteiger partial charge on any atom is 0.264 e.